The fourth-order valence-corrected chi connectivity index (χ4v) is 2.48. The van der Waals surface area contributed by atoms with E-state index < -0.39 is 0 Å². The molecule has 96 valence electrons. The van der Waals surface area contributed by atoms with E-state index in [0.29, 0.717) is 5.69 Å². The predicted molar refractivity (Wildman–Crippen MR) is 67.5 cm³/mol. The van der Waals surface area contributed by atoms with Gasteiger partial charge in [-0.3, -0.25) is 14.7 Å². The number of piperazine rings is 1. The van der Waals surface area contributed by atoms with E-state index in [0.717, 1.165) is 32.2 Å². The molecule has 6 heteroatoms. The quantitative estimate of drug-likeness (QED) is 0.803. The molecule has 0 spiro atoms. The highest BCUT2D eigenvalue weighted by atomic mass is 35.5. The summed E-state index contributed by atoms with van der Waals surface area (Å²) in [5.74, 6) is -0.0690. The van der Waals surface area contributed by atoms with E-state index in [1.807, 2.05) is 4.90 Å². The van der Waals surface area contributed by atoms with Crippen LogP contribution in [0.4, 0.5) is 0 Å². The average Bonchev–Trinajstić information content (AvgIpc) is 3.22. The van der Waals surface area contributed by atoms with Crippen LogP contribution in [0.3, 0.4) is 0 Å². The van der Waals surface area contributed by atoms with Gasteiger partial charge in [-0.15, -0.1) is 0 Å². The van der Waals surface area contributed by atoms with Crippen molar-refractivity contribution in [1.29, 1.82) is 0 Å². The molecule has 2 fully saturated rings. The molecule has 1 aliphatic carbocycles. The Hall–Kier alpha value is -1.20. The van der Waals surface area contributed by atoms with Crippen molar-refractivity contribution in [2.45, 2.75) is 18.9 Å². The maximum Gasteiger partial charge on any atom is 0.274 e. The fraction of sp³-hybridized carbons (Fsp3) is 0.583. The van der Waals surface area contributed by atoms with Gasteiger partial charge in [0.2, 0.25) is 0 Å². The molecule has 1 aromatic rings. The van der Waals surface area contributed by atoms with Gasteiger partial charge < -0.3 is 4.90 Å². The summed E-state index contributed by atoms with van der Waals surface area (Å²) >= 11 is 5.75. The Morgan fingerprint density at radius 3 is 2.56 bits per heavy atom. The van der Waals surface area contributed by atoms with Gasteiger partial charge in [-0.2, -0.15) is 0 Å². The standard InChI is InChI=1S/C12H15ClN4O/c13-11-8-14-7-10(15-11)12(18)17-5-3-16(4-6-17)9-1-2-9/h7-9H,1-6H2. The molecule has 1 saturated heterocycles. The van der Waals surface area contributed by atoms with Crippen LogP contribution in [-0.2, 0) is 0 Å². The first kappa shape index (κ1) is 11.9. The maximum atomic E-state index is 12.2. The van der Waals surface area contributed by atoms with Crippen LogP contribution in [0.1, 0.15) is 23.3 Å². The largest absolute Gasteiger partial charge is 0.335 e. The average molecular weight is 267 g/mol. The minimum atomic E-state index is -0.0690. The molecule has 0 N–H and O–H groups in total. The van der Waals surface area contributed by atoms with E-state index >= 15 is 0 Å². The van der Waals surface area contributed by atoms with Gasteiger partial charge in [0.15, 0.2) is 0 Å². The molecule has 0 atom stereocenters. The molecule has 0 unspecified atom stereocenters. The summed E-state index contributed by atoms with van der Waals surface area (Å²) in [6, 6.07) is 0.771. The van der Waals surface area contributed by atoms with Crippen LogP contribution in [-0.4, -0.2) is 57.9 Å². The first-order valence-electron chi connectivity index (χ1n) is 6.25. The Labute approximate surface area is 111 Å². The molecule has 0 aromatic carbocycles. The second-order valence-electron chi connectivity index (χ2n) is 4.79. The zero-order chi connectivity index (χ0) is 12.5. The number of nitrogens with zero attached hydrogens (tertiary/aromatic N) is 4. The minimum absolute atomic E-state index is 0.0690. The maximum absolute atomic E-state index is 12.2. The van der Waals surface area contributed by atoms with Crippen molar-refractivity contribution in [3.8, 4) is 0 Å². The molecule has 2 heterocycles. The zero-order valence-electron chi connectivity index (χ0n) is 10.0. The van der Waals surface area contributed by atoms with Crippen LogP contribution < -0.4 is 0 Å². The first-order chi connectivity index (χ1) is 8.74. The highest BCUT2D eigenvalue weighted by molar-refractivity contribution is 6.29. The molecule has 1 aromatic heterocycles. The van der Waals surface area contributed by atoms with Crippen molar-refractivity contribution in [2.24, 2.45) is 0 Å². The monoisotopic (exact) mass is 266 g/mol. The Kier molecular flexibility index (Phi) is 3.18. The second-order valence-corrected chi connectivity index (χ2v) is 5.17. The van der Waals surface area contributed by atoms with E-state index in [9.17, 15) is 4.79 Å². The van der Waals surface area contributed by atoms with E-state index in [-0.39, 0.29) is 11.1 Å². The number of hydrogen-bond donors (Lipinski definition) is 0. The summed E-state index contributed by atoms with van der Waals surface area (Å²) in [5, 5.41) is 0.262. The smallest absolute Gasteiger partial charge is 0.274 e. The Morgan fingerprint density at radius 1 is 1.22 bits per heavy atom. The summed E-state index contributed by atoms with van der Waals surface area (Å²) in [5.41, 5.74) is 0.336. The van der Waals surface area contributed by atoms with Crippen molar-refractivity contribution >= 4 is 17.5 Å². The number of aromatic nitrogens is 2. The highest BCUT2D eigenvalue weighted by Gasteiger charge is 2.32. The Balaban J connectivity index is 1.63. The van der Waals surface area contributed by atoms with Crippen LogP contribution >= 0.6 is 11.6 Å². The van der Waals surface area contributed by atoms with Gasteiger partial charge in [0.05, 0.1) is 12.4 Å². The Bertz CT molecular complexity index is 455. The summed E-state index contributed by atoms with van der Waals surface area (Å²) in [4.78, 5) is 24.4. The number of rotatable bonds is 2. The lowest BCUT2D eigenvalue weighted by atomic mass is 10.2. The SMILES string of the molecule is O=C(c1cncc(Cl)n1)N1CCN(C2CC2)CC1. The summed E-state index contributed by atoms with van der Waals surface area (Å²) in [7, 11) is 0. The van der Waals surface area contributed by atoms with Gasteiger partial charge in [-0.1, -0.05) is 11.6 Å². The van der Waals surface area contributed by atoms with Crippen molar-refractivity contribution < 1.29 is 4.79 Å². The fourth-order valence-electron chi connectivity index (χ4n) is 2.34. The molecular formula is C12H15ClN4O. The van der Waals surface area contributed by atoms with Crippen LogP contribution in [0.2, 0.25) is 5.15 Å². The summed E-state index contributed by atoms with van der Waals surface area (Å²) in [6.45, 7) is 3.46. The van der Waals surface area contributed by atoms with Gasteiger partial charge >= 0.3 is 0 Å². The lowest BCUT2D eigenvalue weighted by Crippen LogP contribution is -2.49. The van der Waals surface area contributed by atoms with Crippen molar-refractivity contribution in [2.75, 3.05) is 26.2 Å². The van der Waals surface area contributed by atoms with Gasteiger partial charge in [0.1, 0.15) is 10.8 Å². The molecule has 1 saturated carbocycles. The molecule has 3 rings (SSSR count). The Morgan fingerprint density at radius 2 is 1.94 bits per heavy atom. The number of hydrogen-bond acceptors (Lipinski definition) is 4. The van der Waals surface area contributed by atoms with Gasteiger partial charge in [-0.05, 0) is 12.8 Å². The molecule has 5 nitrogen and oxygen atoms in total. The van der Waals surface area contributed by atoms with Crippen molar-refractivity contribution in [3.05, 3.63) is 23.2 Å². The summed E-state index contributed by atoms with van der Waals surface area (Å²) < 4.78 is 0. The predicted octanol–water partition coefficient (Wildman–Crippen LogP) is 1.05. The van der Waals surface area contributed by atoms with Crippen LogP contribution in [0.5, 0.6) is 0 Å². The van der Waals surface area contributed by atoms with Crippen LogP contribution in [0.15, 0.2) is 12.4 Å². The van der Waals surface area contributed by atoms with Crippen molar-refractivity contribution in [1.82, 2.24) is 19.8 Å². The number of amides is 1. The molecule has 0 radical (unpaired) electrons. The molecule has 2 aliphatic rings. The molecule has 18 heavy (non-hydrogen) atoms. The third-order valence-electron chi connectivity index (χ3n) is 3.49. The number of carbonyl (C=O) groups is 1. The lowest BCUT2D eigenvalue weighted by Gasteiger charge is -2.34. The molecular weight excluding hydrogens is 252 g/mol. The number of carbonyl (C=O) groups excluding carboxylic acids is 1. The zero-order valence-corrected chi connectivity index (χ0v) is 10.8. The summed E-state index contributed by atoms with van der Waals surface area (Å²) in [6.07, 6.45) is 5.53. The van der Waals surface area contributed by atoms with Crippen molar-refractivity contribution in [3.63, 3.8) is 0 Å². The minimum Gasteiger partial charge on any atom is -0.335 e. The second kappa shape index (κ2) is 4.82. The first-order valence-corrected chi connectivity index (χ1v) is 6.63. The molecule has 0 bridgehead atoms. The molecule has 1 amide bonds. The molecule has 1 aliphatic heterocycles. The van der Waals surface area contributed by atoms with Crippen LogP contribution in [0, 0.1) is 0 Å². The van der Waals surface area contributed by atoms with Crippen LogP contribution in [0.25, 0.3) is 0 Å². The van der Waals surface area contributed by atoms with Gasteiger partial charge in [0.25, 0.3) is 5.91 Å². The van der Waals surface area contributed by atoms with E-state index in [2.05, 4.69) is 14.9 Å². The van der Waals surface area contributed by atoms with E-state index in [1.165, 1.54) is 25.2 Å². The highest BCUT2D eigenvalue weighted by Crippen LogP contribution is 2.27. The normalized spacial score (nSPS) is 21.1. The third kappa shape index (κ3) is 2.47. The van der Waals surface area contributed by atoms with E-state index in [4.69, 9.17) is 11.6 Å². The number of halogens is 1. The third-order valence-corrected chi connectivity index (χ3v) is 3.67. The van der Waals surface area contributed by atoms with Gasteiger partial charge in [0, 0.05) is 32.2 Å². The topological polar surface area (TPSA) is 49.3 Å². The van der Waals surface area contributed by atoms with Gasteiger partial charge in [-0.25, -0.2) is 4.98 Å². The lowest BCUT2D eigenvalue weighted by molar-refractivity contribution is 0.0621. The van der Waals surface area contributed by atoms with E-state index in [1.54, 1.807) is 0 Å².